The maximum Gasteiger partial charge on any atom is 0.328 e. The number of benzene rings is 1. The average Bonchev–Trinajstić information content (AvgIpc) is 2.92. The largest absolute Gasteiger partial charge is 0.507 e. The minimum absolute atomic E-state index is 0.0665. The standard InChI is InChI=1S/C20H32N2O4.2C4H4O4/c1-3-5-18-19(7-6-17(16(2)24)20(18)25)26-15-4-8-21-9-11-22(12-10-21)13-14-23;2*5-3(6)1-2-4(7)8/h6-7,23,25H,3-5,8-15H2,1-2H3;2*1-2H,(H,5,6)(H,7,8)/b;2*2-1-. The number of Topliss-reactive ketones (excluding diaryl/α,β-unsaturated/α-hetero) is 1. The molecule has 2 rings (SSSR count). The summed E-state index contributed by atoms with van der Waals surface area (Å²) in [5.74, 6) is -4.41. The monoisotopic (exact) mass is 596 g/mol. The van der Waals surface area contributed by atoms with Gasteiger partial charge >= 0.3 is 23.9 Å². The highest BCUT2D eigenvalue weighted by atomic mass is 16.5. The molecule has 42 heavy (non-hydrogen) atoms. The van der Waals surface area contributed by atoms with Crippen molar-refractivity contribution in [3.05, 3.63) is 47.6 Å². The van der Waals surface area contributed by atoms with Crippen molar-refractivity contribution in [2.45, 2.75) is 33.1 Å². The number of nitrogens with zero attached hydrogens (tertiary/aromatic N) is 2. The van der Waals surface area contributed by atoms with Gasteiger partial charge < -0.3 is 40.3 Å². The van der Waals surface area contributed by atoms with Crippen LogP contribution in [0.5, 0.6) is 11.5 Å². The third-order valence-corrected chi connectivity index (χ3v) is 5.61. The Hall–Kier alpha value is -4.27. The molecule has 1 aliphatic rings. The number of ether oxygens (including phenoxy) is 1. The number of phenols is 1. The van der Waals surface area contributed by atoms with Crippen LogP contribution < -0.4 is 4.74 Å². The molecule has 1 saturated heterocycles. The molecule has 0 amide bonds. The molecule has 1 heterocycles. The van der Waals surface area contributed by atoms with E-state index in [2.05, 4.69) is 9.80 Å². The number of ketones is 1. The van der Waals surface area contributed by atoms with Gasteiger partial charge in [-0.05, 0) is 31.9 Å². The van der Waals surface area contributed by atoms with Crippen LogP contribution in [0.2, 0.25) is 0 Å². The summed E-state index contributed by atoms with van der Waals surface area (Å²) in [5, 5.41) is 50.6. The van der Waals surface area contributed by atoms with Crippen LogP contribution in [0.3, 0.4) is 0 Å². The number of carboxylic acids is 4. The molecular weight excluding hydrogens is 556 g/mol. The molecule has 1 aromatic rings. The molecule has 234 valence electrons. The topological polar surface area (TPSA) is 222 Å². The fourth-order valence-corrected chi connectivity index (χ4v) is 3.66. The summed E-state index contributed by atoms with van der Waals surface area (Å²) in [6.07, 6.45) is 4.72. The van der Waals surface area contributed by atoms with E-state index in [1.807, 2.05) is 6.92 Å². The third-order valence-electron chi connectivity index (χ3n) is 5.61. The normalized spacial score (nSPS) is 13.5. The average molecular weight is 597 g/mol. The van der Waals surface area contributed by atoms with E-state index in [0.717, 1.165) is 57.7 Å². The lowest BCUT2D eigenvalue weighted by molar-refractivity contribution is -0.134. The second-order valence-corrected chi connectivity index (χ2v) is 8.87. The number of piperazine rings is 1. The minimum atomic E-state index is -1.26. The van der Waals surface area contributed by atoms with Gasteiger partial charge in [-0.1, -0.05) is 13.3 Å². The number of carboxylic acid groups (broad SMARTS) is 4. The lowest BCUT2D eigenvalue weighted by Gasteiger charge is -2.34. The predicted molar refractivity (Wildman–Crippen MR) is 151 cm³/mol. The van der Waals surface area contributed by atoms with E-state index in [1.54, 1.807) is 12.1 Å². The Morgan fingerprint density at radius 2 is 1.26 bits per heavy atom. The zero-order valence-electron chi connectivity index (χ0n) is 23.8. The number of carbonyl (C=O) groups excluding carboxylic acids is 1. The van der Waals surface area contributed by atoms with Crippen LogP contribution in [0.15, 0.2) is 36.4 Å². The lowest BCUT2D eigenvalue weighted by Crippen LogP contribution is -2.47. The molecule has 0 bridgehead atoms. The SMILES string of the molecule is CCCc1c(OCCCN2CCN(CCO)CC2)ccc(C(C)=O)c1O.O=C(O)/C=C\C(=O)O.O=C(O)/C=C\C(=O)O. The molecule has 0 atom stereocenters. The molecule has 0 radical (unpaired) electrons. The first-order chi connectivity index (χ1) is 19.8. The number of carbonyl (C=O) groups is 5. The first-order valence-corrected chi connectivity index (χ1v) is 13.1. The zero-order chi connectivity index (χ0) is 32.1. The minimum Gasteiger partial charge on any atom is -0.507 e. The molecule has 0 saturated carbocycles. The summed E-state index contributed by atoms with van der Waals surface area (Å²) in [6, 6.07) is 3.45. The van der Waals surface area contributed by atoms with Gasteiger partial charge in [-0.25, -0.2) is 19.2 Å². The number of aliphatic hydroxyl groups is 1. The van der Waals surface area contributed by atoms with Crippen molar-refractivity contribution in [3.8, 4) is 11.5 Å². The molecule has 1 aliphatic heterocycles. The van der Waals surface area contributed by atoms with Crippen LogP contribution in [-0.2, 0) is 25.6 Å². The Labute approximate surface area is 243 Å². The van der Waals surface area contributed by atoms with E-state index in [9.17, 15) is 29.1 Å². The van der Waals surface area contributed by atoms with Gasteiger partial charge in [0.1, 0.15) is 11.5 Å². The molecule has 0 aromatic heterocycles. The van der Waals surface area contributed by atoms with Crippen LogP contribution in [0, 0.1) is 0 Å². The summed E-state index contributed by atoms with van der Waals surface area (Å²) >= 11 is 0. The number of hydrogen-bond acceptors (Lipinski definition) is 10. The molecule has 14 nitrogen and oxygen atoms in total. The van der Waals surface area contributed by atoms with Crippen molar-refractivity contribution >= 4 is 29.7 Å². The van der Waals surface area contributed by atoms with Gasteiger partial charge in [0.15, 0.2) is 5.78 Å². The fraction of sp³-hybridized carbons (Fsp3) is 0.464. The maximum absolute atomic E-state index is 11.6. The lowest BCUT2D eigenvalue weighted by atomic mass is 10.0. The highest BCUT2D eigenvalue weighted by molar-refractivity contribution is 5.97. The van der Waals surface area contributed by atoms with Crippen molar-refractivity contribution in [1.82, 2.24) is 9.80 Å². The van der Waals surface area contributed by atoms with E-state index in [1.165, 1.54) is 6.92 Å². The number of aliphatic hydroxyl groups excluding tert-OH is 1. The van der Waals surface area contributed by atoms with E-state index < -0.39 is 23.9 Å². The van der Waals surface area contributed by atoms with E-state index in [-0.39, 0.29) is 18.1 Å². The number of β-amino-alcohol motifs (C(OH)–C–C–N with tert-alkyl or cyclic N) is 1. The van der Waals surface area contributed by atoms with Gasteiger partial charge in [-0.3, -0.25) is 9.69 Å². The van der Waals surface area contributed by atoms with Crippen molar-refractivity contribution in [3.63, 3.8) is 0 Å². The first-order valence-electron chi connectivity index (χ1n) is 13.1. The second kappa shape index (κ2) is 21.5. The molecule has 0 aliphatic carbocycles. The summed E-state index contributed by atoms with van der Waals surface area (Å²) < 4.78 is 5.91. The maximum atomic E-state index is 11.6. The Morgan fingerprint density at radius 1 is 0.810 bits per heavy atom. The van der Waals surface area contributed by atoms with Gasteiger partial charge in [0, 0.05) is 69.1 Å². The Bertz CT molecular complexity index is 1030. The Morgan fingerprint density at radius 3 is 1.64 bits per heavy atom. The summed E-state index contributed by atoms with van der Waals surface area (Å²) in [4.78, 5) is 54.5. The molecule has 0 unspecified atom stereocenters. The van der Waals surface area contributed by atoms with Crippen LogP contribution in [0.25, 0.3) is 0 Å². The number of aromatic hydroxyl groups is 1. The van der Waals surface area contributed by atoms with Crippen molar-refractivity contribution in [2.75, 3.05) is 52.5 Å². The third kappa shape index (κ3) is 17.4. The fourth-order valence-electron chi connectivity index (χ4n) is 3.66. The Kier molecular flexibility index (Phi) is 19.3. The number of hydrogen-bond donors (Lipinski definition) is 6. The van der Waals surface area contributed by atoms with Gasteiger partial charge in [0.05, 0.1) is 18.8 Å². The van der Waals surface area contributed by atoms with Crippen molar-refractivity contribution in [2.24, 2.45) is 0 Å². The number of rotatable bonds is 14. The summed E-state index contributed by atoms with van der Waals surface area (Å²) in [6.45, 7) is 10.1. The van der Waals surface area contributed by atoms with Gasteiger partial charge in [-0.15, -0.1) is 0 Å². The molecule has 14 heteroatoms. The van der Waals surface area contributed by atoms with Crippen LogP contribution in [0.1, 0.15) is 42.6 Å². The Balaban J connectivity index is 0.000000861. The molecule has 1 aromatic carbocycles. The number of phenolic OH excluding ortho intramolecular Hbond substituents is 1. The highest BCUT2D eigenvalue weighted by Gasteiger charge is 2.17. The molecular formula is C28H40N2O12. The van der Waals surface area contributed by atoms with Gasteiger partial charge in [0.2, 0.25) is 0 Å². The summed E-state index contributed by atoms with van der Waals surface area (Å²) in [7, 11) is 0. The van der Waals surface area contributed by atoms with E-state index in [4.69, 9.17) is 30.3 Å². The summed E-state index contributed by atoms with van der Waals surface area (Å²) in [5.41, 5.74) is 1.10. The predicted octanol–water partition coefficient (Wildman–Crippen LogP) is 1.35. The van der Waals surface area contributed by atoms with Crippen LogP contribution in [0.4, 0.5) is 0 Å². The number of aliphatic carboxylic acids is 4. The van der Waals surface area contributed by atoms with Crippen LogP contribution >= 0.6 is 0 Å². The highest BCUT2D eigenvalue weighted by Crippen LogP contribution is 2.33. The second-order valence-electron chi connectivity index (χ2n) is 8.87. The van der Waals surface area contributed by atoms with Gasteiger partial charge in [-0.2, -0.15) is 0 Å². The zero-order valence-corrected chi connectivity index (χ0v) is 23.8. The smallest absolute Gasteiger partial charge is 0.328 e. The van der Waals surface area contributed by atoms with Gasteiger partial charge in [0.25, 0.3) is 0 Å². The van der Waals surface area contributed by atoms with Crippen LogP contribution in [-0.4, -0.2) is 123 Å². The first kappa shape index (κ1) is 37.7. The van der Waals surface area contributed by atoms with E-state index in [0.29, 0.717) is 48.6 Å². The molecule has 6 N–H and O–H groups in total. The van der Waals surface area contributed by atoms with Crippen molar-refractivity contribution in [1.29, 1.82) is 0 Å². The quantitative estimate of drug-likeness (QED) is 0.101. The molecule has 0 spiro atoms. The molecule has 1 fully saturated rings. The van der Waals surface area contributed by atoms with Crippen molar-refractivity contribution < 1.29 is 59.3 Å². The van der Waals surface area contributed by atoms with E-state index >= 15 is 0 Å².